The Kier molecular flexibility index (Phi) is 6.46. The maximum absolute atomic E-state index is 11.1. The molecule has 0 radical (unpaired) electrons. The zero-order valence-electron chi connectivity index (χ0n) is 10.8. The lowest BCUT2D eigenvalue weighted by atomic mass is 10.2. The number of nitrogens with one attached hydrogen (secondary N) is 2. The maximum atomic E-state index is 11.1. The second-order valence-electron chi connectivity index (χ2n) is 4.47. The molecule has 2 N–H and O–H groups in total. The van der Waals surface area contributed by atoms with Crippen molar-refractivity contribution in [2.45, 2.75) is 23.0 Å². The molecule has 1 aromatic carbocycles. The normalized spacial score (nSPS) is 16.7. The fourth-order valence-corrected chi connectivity index (χ4v) is 3.64. The van der Waals surface area contributed by atoms with Gasteiger partial charge in [-0.3, -0.25) is 4.72 Å². The van der Waals surface area contributed by atoms with Gasteiger partial charge in [0.05, 0.1) is 6.26 Å². The Morgan fingerprint density at radius 3 is 2.32 bits per heavy atom. The first-order valence-corrected chi connectivity index (χ1v) is 8.75. The maximum Gasteiger partial charge on any atom is 0.229 e. The number of hydrogen-bond acceptors (Lipinski definition) is 4. The van der Waals surface area contributed by atoms with Gasteiger partial charge in [-0.1, -0.05) is 0 Å². The quantitative estimate of drug-likeness (QED) is 0.893. The van der Waals surface area contributed by atoms with Gasteiger partial charge in [-0.25, -0.2) is 8.42 Å². The van der Waals surface area contributed by atoms with Gasteiger partial charge in [0.15, 0.2) is 0 Å². The number of anilines is 1. The molecule has 1 saturated heterocycles. The molecule has 1 aliphatic rings. The van der Waals surface area contributed by atoms with E-state index in [0.717, 1.165) is 19.3 Å². The van der Waals surface area contributed by atoms with E-state index in [9.17, 15) is 8.42 Å². The summed E-state index contributed by atoms with van der Waals surface area (Å²) in [6.45, 7) is 2.18. The molecule has 1 aromatic rings. The van der Waals surface area contributed by atoms with Crippen LogP contribution in [0.5, 0.6) is 0 Å². The predicted octanol–water partition coefficient (Wildman–Crippen LogP) is 2.32. The van der Waals surface area contributed by atoms with E-state index < -0.39 is 10.0 Å². The molecule has 19 heavy (non-hydrogen) atoms. The average molecular weight is 323 g/mol. The number of sulfonamides is 1. The van der Waals surface area contributed by atoms with E-state index in [1.807, 2.05) is 36.0 Å². The van der Waals surface area contributed by atoms with E-state index in [4.69, 9.17) is 0 Å². The van der Waals surface area contributed by atoms with Gasteiger partial charge in [-0.2, -0.15) is 0 Å². The van der Waals surface area contributed by atoms with Crippen molar-refractivity contribution in [2.75, 3.05) is 24.1 Å². The van der Waals surface area contributed by atoms with E-state index in [2.05, 4.69) is 10.0 Å². The summed E-state index contributed by atoms with van der Waals surface area (Å²) in [4.78, 5) is 1.20. The highest BCUT2D eigenvalue weighted by molar-refractivity contribution is 8.00. The van der Waals surface area contributed by atoms with Crippen molar-refractivity contribution in [3.63, 3.8) is 0 Å². The van der Waals surface area contributed by atoms with Gasteiger partial charge in [0.1, 0.15) is 0 Å². The Balaban J connectivity index is 0.00000180. The first-order chi connectivity index (χ1) is 8.53. The SMILES string of the molecule is CS(=O)(=O)Nc1ccc(SC2CCNCC2)cc1.Cl. The molecule has 2 rings (SSSR count). The summed E-state index contributed by atoms with van der Waals surface area (Å²) >= 11 is 1.87. The van der Waals surface area contributed by atoms with Gasteiger partial charge in [0.25, 0.3) is 0 Å². The molecule has 1 fully saturated rings. The molecule has 0 spiro atoms. The second-order valence-corrected chi connectivity index (χ2v) is 7.59. The van der Waals surface area contributed by atoms with Crippen LogP contribution >= 0.6 is 24.2 Å². The summed E-state index contributed by atoms with van der Waals surface area (Å²) in [5.74, 6) is 0. The molecule has 0 amide bonds. The highest BCUT2D eigenvalue weighted by Crippen LogP contribution is 2.29. The topological polar surface area (TPSA) is 58.2 Å². The van der Waals surface area contributed by atoms with Crippen LogP contribution in [-0.2, 0) is 10.0 Å². The fraction of sp³-hybridized carbons (Fsp3) is 0.500. The lowest BCUT2D eigenvalue weighted by Crippen LogP contribution is -2.29. The second kappa shape index (κ2) is 7.38. The van der Waals surface area contributed by atoms with Gasteiger partial charge in [0.2, 0.25) is 10.0 Å². The molecule has 1 heterocycles. The molecule has 0 atom stereocenters. The van der Waals surface area contributed by atoms with Crippen LogP contribution in [0.15, 0.2) is 29.2 Å². The number of rotatable bonds is 4. The monoisotopic (exact) mass is 322 g/mol. The minimum absolute atomic E-state index is 0. The number of piperidine rings is 1. The van der Waals surface area contributed by atoms with Crippen LogP contribution in [0.4, 0.5) is 5.69 Å². The van der Waals surface area contributed by atoms with Gasteiger partial charge < -0.3 is 5.32 Å². The third-order valence-electron chi connectivity index (χ3n) is 2.75. The summed E-state index contributed by atoms with van der Waals surface area (Å²) in [5, 5.41) is 4.01. The Bertz CT molecular complexity index is 485. The number of benzene rings is 1. The highest BCUT2D eigenvalue weighted by Gasteiger charge is 2.14. The van der Waals surface area contributed by atoms with Gasteiger partial charge in [0, 0.05) is 15.8 Å². The summed E-state index contributed by atoms with van der Waals surface area (Å²) in [7, 11) is -3.18. The smallest absolute Gasteiger partial charge is 0.229 e. The zero-order chi connectivity index (χ0) is 13.0. The molecular weight excluding hydrogens is 304 g/mol. The third kappa shape index (κ3) is 6.03. The lowest BCUT2D eigenvalue weighted by Gasteiger charge is -2.22. The van der Waals surface area contributed by atoms with Crippen LogP contribution in [-0.4, -0.2) is 33.0 Å². The zero-order valence-corrected chi connectivity index (χ0v) is 13.2. The molecule has 0 saturated carbocycles. The molecule has 1 aliphatic heterocycles. The third-order valence-corrected chi connectivity index (χ3v) is 4.70. The molecule has 0 unspecified atom stereocenters. The van der Waals surface area contributed by atoms with Crippen molar-refractivity contribution in [1.29, 1.82) is 0 Å². The van der Waals surface area contributed by atoms with Crippen molar-refractivity contribution < 1.29 is 8.42 Å². The standard InChI is InChI=1S/C12H18N2O2S2.ClH/c1-18(15,16)14-10-2-4-11(5-3-10)17-12-6-8-13-9-7-12;/h2-5,12-14H,6-9H2,1H3;1H. The summed E-state index contributed by atoms with van der Waals surface area (Å²) < 4.78 is 24.6. The minimum Gasteiger partial charge on any atom is -0.317 e. The van der Waals surface area contributed by atoms with Gasteiger partial charge >= 0.3 is 0 Å². The molecule has 4 nitrogen and oxygen atoms in total. The van der Waals surface area contributed by atoms with Crippen LogP contribution in [0.25, 0.3) is 0 Å². The number of hydrogen-bond donors (Lipinski definition) is 2. The Morgan fingerprint density at radius 1 is 1.21 bits per heavy atom. The highest BCUT2D eigenvalue weighted by atomic mass is 35.5. The van der Waals surface area contributed by atoms with Crippen molar-refractivity contribution in [3.05, 3.63) is 24.3 Å². The lowest BCUT2D eigenvalue weighted by molar-refractivity contribution is 0.531. The van der Waals surface area contributed by atoms with E-state index >= 15 is 0 Å². The minimum atomic E-state index is -3.18. The van der Waals surface area contributed by atoms with E-state index in [1.165, 1.54) is 17.7 Å². The van der Waals surface area contributed by atoms with Gasteiger partial charge in [-0.15, -0.1) is 24.2 Å². The van der Waals surface area contributed by atoms with Crippen LogP contribution < -0.4 is 10.0 Å². The van der Waals surface area contributed by atoms with Crippen LogP contribution in [0.1, 0.15) is 12.8 Å². The summed E-state index contributed by atoms with van der Waals surface area (Å²) in [6.07, 6.45) is 3.53. The van der Waals surface area contributed by atoms with Crippen LogP contribution in [0, 0.1) is 0 Å². The number of halogens is 1. The van der Waals surface area contributed by atoms with Crippen molar-refractivity contribution in [2.24, 2.45) is 0 Å². The molecule has 0 aliphatic carbocycles. The van der Waals surface area contributed by atoms with E-state index in [1.54, 1.807) is 0 Å². The van der Waals surface area contributed by atoms with Gasteiger partial charge in [-0.05, 0) is 50.2 Å². The molecule has 108 valence electrons. The molecular formula is C12H19ClN2O2S2. The predicted molar refractivity (Wildman–Crippen MR) is 83.9 cm³/mol. The Labute approximate surface area is 125 Å². The Hall–Kier alpha value is -0.430. The largest absolute Gasteiger partial charge is 0.317 e. The van der Waals surface area contributed by atoms with Crippen LogP contribution in [0.3, 0.4) is 0 Å². The summed E-state index contributed by atoms with van der Waals surface area (Å²) in [5.41, 5.74) is 0.618. The first kappa shape index (κ1) is 16.6. The first-order valence-electron chi connectivity index (χ1n) is 5.98. The van der Waals surface area contributed by atoms with Crippen LogP contribution in [0.2, 0.25) is 0 Å². The molecule has 7 heteroatoms. The fourth-order valence-electron chi connectivity index (χ4n) is 1.92. The average Bonchev–Trinajstić information content (AvgIpc) is 2.31. The van der Waals surface area contributed by atoms with Crippen molar-refractivity contribution >= 4 is 39.9 Å². The Morgan fingerprint density at radius 2 is 1.79 bits per heavy atom. The van der Waals surface area contributed by atoms with Crippen molar-refractivity contribution in [3.8, 4) is 0 Å². The molecule has 0 aromatic heterocycles. The molecule has 0 bridgehead atoms. The van der Waals surface area contributed by atoms with E-state index in [-0.39, 0.29) is 12.4 Å². The van der Waals surface area contributed by atoms with Crippen molar-refractivity contribution in [1.82, 2.24) is 5.32 Å². The van der Waals surface area contributed by atoms with E-state index in [0.29, 0.717) is 10.9 Å². The summed E-state index contributed by atoms with van der Waals surface area (Å²) in [6, 6.07) is 7.56. The number of thioether (sulfide) groups is 1.